The molecule has 0 unspecified atom stereocenters. The lowest BCUT2D eigenvalue weighted by atomic mass is 10.1. The molecule has 4 rings (SSSR count). The molecule has 2 aliphatic rings. The number of rotatable bonds is 3. The molecule has 6 nitrogen and oxygen atoms in total. The Labute approximate surface area is 181 Å². The number of anilines is 2. The molecule has 0 saturated carbocycles. The number of carbonyl (C=O) groups excluding carboxylic acids is 1. The second-order valence-corrected chi connectivity index (χ2v) is 7.86. The van der Waals surface area contributed by atoms with Gasteiger partial charge in [-0.25, -0.2) is 9.91 Å². The minimum atomic E-state index is -0.351. The molecular formula is C23H23N5OS. The number of carbonyl (C=O) groups is 1. The van der Waals surface area contributed by atoms with E-state index < -0.39 is 0 Å². The molecule has 2 aliphatic heterocycles. The molecule has 1 fully saturated rings. The minimum absolute atomic E-state index is 0.0889. The van der Waals surface area contributed by atoms with E-state index in [2.05, 4.69) is 11.0 Å². The summed E-state index contributed by atoms with van der Waals surface area (Å²) < 4.78 is 0. The fraction of sp³-hybridized carbons (Fsp3) is 0.261. The summed E-state index contributed by atoms with van der Waals surface area (Å²) in [4.78, 5) is 17.4. The third kappa shape index (κ3) is 3.79. The maximum absolute atomic E-state index is 13.7. The van der Waals surface area contributed by atoms with E-state index >= 15 is 0 Å². The standard InChI is InChI=1S/C23H23N5OS/c1-30-22-20(17-24)21(29)27(18-11-5-2-6-12-18)23(26-15-9-4-10-16-26)25-28(22)19-13-7-3-8-14-19/h2-3,5-8,11-14H,4,9-10,15-16H2,1H3. The molecule has 0 atom stereocenters. The van der Waals surface area contributed by atoms with Crippen LogP contribution in [-0.2, 0) is 4.79 Å². The summed E-state index contributed by atoms with van der Waals surface area (Å²) in [7, 11) is 0. The van der Waals surface area contributed by atoms with Crippen LogP contribution < -0.4 is 9.91 Å². The molecule has 152 valence electrons. The molecule has 0 N–H and O–H groups in total. The first-order valence-corrected chi connectivity index (χ1v) is 11.2. The number of thioether (sulfide) groups is 1. The molecule has 2 aromatic carbocycles. The van der Waals surface area contributed by atoms with Crippen LogP contribution in [0.4, 0.5) is 11.4 Å². The zero-order valence-electron chi connectivity index (χ0n) is 16.9. The number of piperidine rings is 1. The van der Waals surface area contributed by atoms with Crippen molar-refractivity contribution in [3.05, 3.63) is 71.3 Å². The van der Waals surface area contributed by atoms with E-state index in [0.29, 0.717) is 16.7 Å². The van der Waals surface area contributed by atoms with E-state index in [1.807, 2.05) is 66.9 Å². The number of hydrogen-bond donors (Lipinski definition) is 0. The van der Waals surface area contributed by atoms with E-state index in [1.165, 1.54) is 18.2 Å². The van der Waals surface area contributed by atoms with Crippen LogP contribution >= 0.6 is 11.8 Å². The SMILES string of the molecule is CSC1=C(C#N)C(=O)N(c2ccccc2)C(N2CCCCC2)=NN1c1ccccc1. The Balaban J connectivity index is 1.94. The maximum atomic E-state index is 13.7. The van der Waals surface area contributed by atoms with Gasteiger partial charge >= 0.3 is 0 Å². The van der Waals surface area contributed by atoms with Gasteiger partial charge in [0.2, 0.25) is 5.96 Å². The normalized spacial score (nSPS) is 17.5. The number of benzene rings is 2. The summed E-state index contributed by atoms with van der Waals surface area (Å²) in [6.07, 6.45) is 5.14. The van der Waals surface area contributed by atoms with Gasteiger partial charge in [-0.05, 0) is 49.8 Å². The van der Waals surface area contributed by atoms with Crippen LogP contribution in [0.1, 0.15) is 19.3 Å². The largest absolute Gasteiger partial charge is 0.341 e. The van der Waals surface area contributed by atoms with E-state index in [4.69, 9.17) is 5.10 Å². The lowest BCUT2D eigenvalue weighted by Gasteiger charge is -2.35. The Morgan fingerprint density at radius 1 is 0.933 bits per heavy atom. The maximum Gasteiger partial charge on any atom is 0.278 e. The molecule has 1 amide bonds. The van der Waals surface area contributed by atoms with Crippen molar-refractivity contribution in [3.63, 3.8) is 0 Å². The van der Waals surface area contributed by atoms with Crippen molar-refractivity contribution >= 4 is 35.0 Å². The smallest absolute Gasteiger partial charge is 0.278 e. The summed E-state index contributed by atoms with van der Waals surface area (Å²) in [5.41, 5.74) is 1.60. The zero-order valence-corrected chi connectivity index (χ0v) is 17.7. The van der Waals surface area contributed by atoms with E-state index in [1.54, 1.807) is 9.91 Å². The molecule has 0 spiro atoms. The van der Waals surface area contributed by atoms with E-state index in [-0.39, 0.29) is 11.5 Å². The van der Waals surface area contributed by atoms with Gasteiger partial charge in [0.15, 0.2) is 0 Å². The Hall–Kier alpha value is -3.24. The topological polar surface area (TPSA) is 62.9 Å². The Bertz CT molecular complexity index is 1010. The molecular weight excluding hydrogens is 394 g/mol. The van der Waals surface area contributed by atoms with Gasteiger partial charge in [0.1, 0.15) is 16.7 Å². The number of nitriles is 1. The first kappa shape index (κ1) is 20.0. The minimum Gasteiger partial charge on any atom is -0.341 e. The molecule has 2 aromatic rings. The van der Waals surface area contributed by atoms with Crippen molar-refractivity contribution in [1.82, 2.24) is 4.90 Å². The van der Waals surface area contributed by atoms with Gasteiger partial charge in [-0.3, -0.25) is 4.79 Å². The van der Waals surface area contributed by atoms with Gasteiger partial charge in [-0.1, -0.05) is 36.4 Å². The molecule has 7 heteroatoms. The van der Waals surface area contributed by atoms with Crippen molar-refractivity contribution in [1.29, 1.82) is 5.26 Å². The Morgan fingerprint density at radius 3 is 2.10 bits per heavy atom. The van der Waals surface area contributed by atoms with Crippen molar-refractivity contribution in [2.24, 2.45) is 5.10 Å². The van der Waals surface area contributed by atoms with Crippen LogP contribution in [0.3, 0.4) is 0 Å². The lowest BCUT2D eigenvalue weighted by molar-refractivity contribution is -0.114. The van der Waals surface area contributed by atoms with Crippen LogP contribution in [0, 0.1) is 11.3 Å². The van der Waals surface area contributed by atoms with E-state index in [9.17, 15) is 10.1 Å². The summed E-state index contributed by atoms with van der Waals surface area (Å²) >= 11 is 1.35. The number of amides is 1. The number of hydrazone groups is 1. The number of para-hydroxylation sites is 2. The molecule has 0 aliphatic carbocycles. The summed E-state index contributed by atoms with van der Waals surface area (Å²) in [5, 5.41) is 17.2. The molecule has 30 heavy (non-hydrogen) atoms. The third-order valence-electron chi connectivity index (χ3n) is 5.17. The number of guanidine groups is 1. The van der Waals surface area contributed by atoms with Gasteiger partial charge in [-0.2, -0.15) is 5.26 Å². The highest BCUT2D eigenvalue weighted by molar-refractivity contribution is 8.02. The van der Waals surface area contributed by atoms with Crippen LogP contribution in [0.25, 0.3) is 0 Å². The zero-order chi connectivity index (χ0) is 20.9. The van der Waals surface area contributed by atoms with Crippen molar-refractivity contribution in [2.45, 2.75) is 19.3 Å². The van der Waals surface area contributed by atoms with Crippen molar-refractivity contribution in [3.8, 4) is 6.07 Å². The number of likely N-dealkylation sites (tertiary alicyclic amines) is 1. The monoisotopic (exact) mass is 417 g/mol. The third-order valence-corrected chi connectivity index (χ3v) is 5.94. The number of nitrogens with zero attached hydrogens (tertiary/aromatic N) is 5. The average molecular weight is 418 g/mol. The van der Waals surface area contributed by atoms with Crippen molar-refractivity contribution < 1.29 is 4.79 Å². The Kier molecular flexibility index (Phi) is 6.05. The fourth-order valence-electron chi connectivity index (χ4n) is 3.72. The average Bonchev–Trinajstić information content (AvgIpc) is 2.94. The Morgan fingerprint density at radius 2 is 1.53 bits per heavy atom. The first-order valence-electron chi connectivity index (χ1n) is 10.0. The van der Waals surface area contributed by atoms with Crippen molar-refractivity contribution in [2.75, 3.05) is 29.3 Å². The second-order valence-electron chi connectivity index (χ2n) is 7.07. The molecule has 0 aromatic heterocycles. The van der Waals surface area contributed by atoms with Gasteiger partial charge < -0.3 is 4.90 Å². The van der Waals surface area contributed by atoms with Crippen LogP contribution in [0.5, 0.6) is 0 Å². The summed E-state index contributed by atoms with van der Waals surface area (Å²) in [6.45, 7) is 1.66. The van der Waals surface area contributed by atoms with Gasteiger partial charge in [0, 0.05) is 13.1 Å². The molecule has 1 saturated heterocycles. The number of hydrogen-bond acceptors (Lipinski definition) is 6. The van der Waals surface area contributed by atoms with Gasteiger partial charge in [0.25, 0.3) is 5.91 Å². The highest BCUT2D eigenvalue weighted by Crippen LogP contribution is 2.33. The first-order chi connectivity index (χ1) is 14.7. The van der Waals surface area contributed by atoms with E-state index in [0.717, 1.165) is 31.6 Å². The molecule has 2 heterocycles. The van der Waals surface area contributed by atoms with Crippen LogP contribution in [-0.4, -0.2) is 36.1 Å². The highest BCUT2D eigenvalue weighted by atomic mass is 32.2. The van der Waals surface area contributed by atoms with Gasteiger partial charge in [0.05, 0.1) is 11.4 Å². The van der Waals surface area contributed by atoms with Crippen LogP contribution in [0.15, 0.2) is 76.4 Å². The fourth-order valence-corrected chi connectivity index (χ4v) is 4.37. The predicted molar refractivity (Wildman–Crippen MR) is 122 cm³/mol. The second kappa shape index (κ2) is 9.06. The predicted octanol–water partition coefficient (Wildman–Crippen LogP) is 4.39. The lowest BCUT2D eigenvalue weighted by Crippen LogP contribution is -2.49. The van der Waals surface area contributed by atoms with Crippen LogP contribution in [0.2, 0.25) is 0 Å². The van der Waals surface area contributed by atoms with Gasteiger partial charge in [-0.15, -0.1) is 16.9 Å². The molecule has 0 bridgehead atoms. The quantitative estimate of drug-likeness (QED) is 0.741. The summed E-state index contributed by atoms with van der Waals surface area (Å²) in [5.74, 6) is 0.211. The molecule has 0 radical (unpaired) electrons. The summed E-state index contributed by atoms with van der Waals surface area (Å²) in [6, 6.07) is 21.3. The highest BCUT2D eigenvalue weighted by Gasteiger charge is 2.36.